The van der Waals surface area contributed by atoms with Crippen LogP contribution in [-0.4, -0.2) is 57.2 Å². The summed E-state index contributed by atoms with van der Waals surface area (Å²) in [6.45, 7) is 5.30. The number of aromatic nitrogens is 2. The molecule has 2 aliphatic heterocycles. The number of nitrogens with zero attached hydrogens (tertiary/aromatic N) is 4. The van der Waals surface area contributed by atoms with E-state index in [4.69, 9.17) is 0 Å². The highest BCUT2D eigenvalue weighted by Gasteiger charge is 2.29. The van der Waals surface area contributed by atoms with Gasteiger partial charge in [-0.2, -0.15) is 0 Å². The van der Waals surface area contributed by atoms with Crippen molar-refractivity contribution in [1.29, 1.82) is 0 Å². The van der Waals surface area contributed by atoms with E-state index in [1.165, 1.54) is 0 Å². The molecule has 2 fully saturated rings. The van der Waals surface area contributed by atoms with Crippen molar-refractivity contribution in [2.75, 3.05) is 26.2 Å². The summed E-state index contributed by atoms with van der Waals surface area (Å²) in [5, 5.41) is 0. The summed E-state index contributed by atoms with van der Waals surface area (Å²) < 4.78 is 1.77. The van der Waals surface area contributed by atoms with Crippen LogP contribution in [-0.2, 0) is 0 Å². The number of rotatable bonds is 2. The molecule has 2 aromatic heterocycles. The van der Waals surface area contributed by atoms with Crippen LogP contribution < -0.4 is 0 Å². The summed E-state index contributed by atoms with van der Waals surface area (Å²) in [6, 6.07) is 5.62. The Kier molecular flexibility index (Phi) is 4.19. The van der Waals surface area contributed by atoms with Crippen molar-refractivity contribution >= 4 is 17.3 Å². The zero-order valence-electron chi connectivity index (χ0n) is 14.6. The molecule has 0 saturated carbocycles. The first-order chi connectivity index (χ1) is 12.1. The first kappa shape index (κ1) is 16.1. The summed E-state index contributed by atoms with van der Waals surface area (Å²) in [5.41, 5.74) is 1.12. The quantitative estimate of drug-likeness (QED) is 0.844. The third-order valence-electron chi connectivity index (χ3n) is 5.41. The van der Waals surface area contributed by atoms with Crippen molar-refractivity contribution in [1.82, 2.24) is 19.2 Å². The van der Waals surface area contributed by atoms with E-state index in [-0.39, 0.29) is 11.8 Å². The molecule has 2 aromatic rings. The van der Waals surface area contributed by atoms with Gasteiger partial charge in [0.15, 0.2) is 5.69 Å². The maximum atomic E-state index is 13.0. The molecular formula is C19H24N4O2. The van der Waals surface area contributed by atoms with Crippen LogP contribution in [0.25, 0.3) is 5.52 Å². The molecular weight excluding hydrogens is 316 g/mol. The Hall–Kier alpha value is -2.37. The molecule has 132 valence electrons. The molecule has 6 nitrogen and oxygen atoms in total. The van der Waals surface area contributed by atoms with Gasteiger partial charge in [-0.15, -0.1) is 0 Å². The van der Waals surface area contributed by atoms with Crippen molar-refractivity contribution in [3.63, 3.8) is 0 Å². The maximum absolute atomic E-state index is 13.0. The fourth-order valence-electron chi connectivity index (χ4n) is 3.77. The molecule has 0 spiro atoms. The number of carbonyl (C=O) groups is 2. The van der Waals surface area contributed by atoms with Crippen LogP contribution >= 0.6 is 0 Å². The lowest BCUT2D eigenvalue weighted by molar-refractivity contribution is 0.0684. The molecule has 25 heavy (non-hydrogen) atoms. The van der Waals surface area contributed by atoms with E-state index in [1.807, 2.05) is 34.2 Å². The Bertz CT molecular complexity index is 799. The van der Waals surface area contributed by atoms with Gasteiger partial charge in [0.25, 0.3) is 11.8 Å². The van der Waals surface area contributed by atoms with Gasteiger partial charge in [-0.1, -0.05) is 13.0 Å². The number of hydrogen-bond donors (Lipinski definition) is 0. The van der Waals surface area contributed by atoms with Crippen molar-refractivity contribution < 1.29 is 9.59 Å². The number of likely N-dealkylation sites (tertiary alicyclic amines) is 2. The van der Waals surface area contributed by atoms with Crippen molar-refractivity contribution in [3.05, 3.63) is 35.9 Å². The van der Waals surface area contributed by atoms with E-state index in [9.17, 15) is 9.59 Å². The molecule has 2 aliphatic rings. The summed E-state index contributed by atoms with van der Waals surface area (Å²) in [5.74, 6) is 0.877. The lowest BCUT2D eigenvalue weighted by atomic mass is 9.99. The maximum Gasteiger partial charge on any atom is 0.290 e. The predicted molar refractivity (Wildman–Crippen MR) is 94.6 cm³/mol. The fraction of sp³-hybridized carbons (Fsp3) is 0.526. The van der Waals surface area contributed by atoms with E-state index in [0.29, 0.717) is 23.0 Å². The highest BCUT2D eigenvalue weighted by Crippen LogP contribution is 2.21. The molecule has 6 heteroatoms. The van der Waals surface area contributed by atoms with Crippen LogP contribution in [0.15, 0.2) is 24.4 Å². The number of pyridine rings is 1. The van der Waals surface area contributed by atoms with Gasteiger partial charge in [0.2, 0.25) is 5.82 Å². The van der Waals surface area contributed by atoms with E-state index in [1.54, 1.807) is 4.40 Å². The Morgan fingerprint density at radius 3 is 2.40 bits per heavy atom. The zero-order chi connectivity index (χ0) is 17.4. The lowest BCUT2D eigenvalue weighted by Gasteiger charge is -2.29. The molecule has 0 unspecified atom stereocenters. The monoisotopic (exact) mass is 340 g/mol. The number of hydrogen-bond acceptors (Lipinski definition) is 3. The standard InChI is InChI=1S/C19H24N4O2/c1-14-7-12-22(13-8-14)19(25)17-20-16(15-6-2-3-11-23(15)17)18(24)21-9-4-5-10-21/h2-3,6,11,14H,4-5,7-10,12-13H2,1H3. The van der Waals surface area contributed by atoms with Crippen molar-refractivity contribution in [2.24, 2.45) is 5.92 Å². The number of piperidine rings is 1. The average molecular weight is 340 g/mol. The van der Waals surface area contributed by atoms with Gasteiger partial charge in [0.1, 0.15) is 0 Å². The van der Waals surface area contributed by atoms with Gasteiger partial charge in [0.05, 0.1) is 5.52 Å². The van der Waals surface area contributed by atoms with Gasteiger partial charge in [0, 0.05) is 32.4 Å². The molecule has 0 atom stereocenters. The SMILES string of the molecule is CC1CCN(C(=O)c2nc(C(=O)N3CCCC3)c3ccccn23)CC1. The fourth-order valence-corrected chi connectivity index (χ4v) is 3.77. The molecule has 0 N–H and O–H groups in total. The Labute approximate surface area is 147 Å². The molecule has 0 aliphatic carbocycles. The molecule has 4 rings (SSSR count). The molecule has 2 amide bonds. The van der Waals surface area contributed by atoms with E-state index in [0.717, 1.165) is 51.9 Å². The Morgan fingerprint density at radius 2 is 1.68 bits per heavy atom. The topological polar surface area (TPSA) is 57.9 Å². The number of amides is 2. The molecule has 0 bridgehead atoms. The number of imidazole rings is 1. The van der Waals surface area contributed by atoms with E-state index < -0.39 is 0 Å². The number of carbonyl (C=O) groups excluding carboxylic acids is 2. The van der Waals surface area contributed by atoms with Gasteiger partial charge >= 0.3 is 0 Å². The Balaban J connectivity index is 1.69. The highest BCUT2D eigenvalue weighted by atomic mass is 16.2. The summed E-state index contributed by atoms with van der Waals surface area (Å²) in [7, 11) is 0. The first-order valence-corrected chi connectivity index (χ1v) is 9.21. The third-order valence-corrected chi connectivity index (χ3v) is 5.41. The molecule has 0 radical (unpaired) electrons. The number of fused-ring (bicyclic) bond motifs is 1. The summed E-state index contributed by atoms with van der Waals surface area (Å²) in [6.07, 6.45) is 5.94. The van der Waals surface area contributed by atoms with E-state index in [2.05, 4.69) is 11.9 Å². The third kappa shape index (κ3) is 2.90. The molecule has 2 saturated heterocycles. The normalized spacial score (nSPS) is 18.9. The van der Waals surface area contributed by atoms with Gasteiger partial charge in [-0.25, -0.2) is 4.98 Å². The minimum atomic E-state index is -0.0754. The van der Waals surface area contributed by atoms with Crippen molar-refractivity contribution in [3.8, 4) is 0 Å². The Morgan fingerprint density at radius 1 is 1.00 bits per heavy atom. The van der Waals surface area contributed by atoms with Gasteiger partial charge in [-0.05, 0) is 43.7 Å². The van der Waals surface area contributed by atoms with E-state index >= 15 is 0 Å². The van der Waals surface area contributed by atoms with Crippen LogP contribution in [0.2, 0.25) is 0 Å². The highest BCUT2D eigenvalue weighted by molar-refractivity contribution is 6.02. The van der Waals surface area contributed by atoms with Crippen LogP contribution in [0.3, 0.4) is 0 Å². The second kappa shape index (κ2) is 6.50. The second-order valence-corrected chi connectivity index (χ2v) is 7.21. The average Bonchev–Trinajstić information content (AvgIpc) is 3.29. The van der Waals surface area contributed by atoms with Crippen molar-refractivity contribution in [2.45, 2.75) is 32.6 Å². The van der Waals surface area contributed by atoms with Gasteiger partial charge < -0.3 is 9.80 Å². The largest absolute Gasteiger partial charge is 0.337 e. The minimum absolute atomic E-state index is 0.0625. The van der Waals surface area contributed by atoms with Crippen LogP contribution in [0.5, 0.6) is 0 Å². The lowest BCUT2D eigenvalue weighted by Crippen LogP contribution is -2.38. The predicted octanol–water partition coefficient (Wildman–Crippen LogP) is 2.44. The minimum Gasteiger partial charge on any atom is -0.337 e. The zero-order valence-corrected chi connectivity index (χ0v) is 14.6. The molecule has 4 heterocycles. The van der Waals surface area contributed by atoms with Crippen LogP contribution in [0.4, 0.5) is 0 Å². The van der Waals surface area contributed by atoms with Crippen LogP contribution in [0, 0.1) is 5.92 Å². The smallest absolute Gasteiger partial charge is 0.290 e. The van der Waals surface area contributed by atoms with Crippen LogP contribution in [0.1, 0.15) is 53.7 Å². The summed E-state index contributed by atoms with van der Waals surface area (Å²) >= 11 is 0. The molecule has 0 aromatic carbocycles. The first-order valence-electron chi connectivity index (χ1n) is 9.21. The summed E-state index contributed by atoms with van der Waals surface area (Å²) in [4.78, 5) is 34.1. The van der Waals surface area contributed by atoms with Gasteiger partial charge in [-0.3, -0.25) is 14.0 Å². The second-order valence-electron chi connectivity index (χ2n) is 7.21.